The number of hydrogen-bond donors (Lipinski definition) is 1. The van der Waals surface area contributed by atoms with Gasteiger partial charge in [0, 0.05) is 31.2 Å². The molecule has 2 aromatic carbocycles. The molecule has 2 aliphatic rings. The Bertz CT molecular complexity index is 632. The molecule has 2 nitrogen and oxygen atoms in total. The second-order valence-corrected chi connectivity index (χ2v) is 7.50. The number of hydrogen-bond acceptors (Lipinski definition) is 2. The Morgan fingerprint density at radius 1 is 0.875 bits per heavy atom. The van der Waals surface area contributed by atoms with Crippen LogP contribution in [0.3, 0.4) is 0 Å². The fourth-order valence-corrected chi connectivity index (χ4v) is 4.55. The highest BCUT2D eigenvalue weighted by atomic mass is 15.3. The van der Waals surface area contributed by atoms with Crippen LogP contribution in [0.2, 0.25) is 0 Å². The van der Waals surface area contributed by atoms with Gasteiger partial charge in [0.25, 0.3) is 0 Å². The van der Waals surface area contributed by atoms with Gasteiger partial charge in [0.15, 0.2) is 0 Å². The Balaban J connectivity index is 1.58. The summed E-state index contributed by atoms with van der Waals surface area (Å²) in [6.45, 7) is 3.31. The van der Waals surface area contributed by atoms with E-state index in [0.29, 0.717) is 11.6 Å². The van der Waals surface area contributed by atoms with Crippen LogP contribution in [-0.4, -0.2) is 23.5 Å². The molecule has 0 bridgehead atoms. The van der Waals surface area contributed by atoms with Gasteiger partial charge in [-0.3, -0.25) is 4.90 Å². The molecule has 1 spiro atoms. The van der Waals surface area contributed by atoms with Crippen LogP contribution in [0.5, 0.6) is 0 Å². The van der Waals surface area contributed by atoms with E-state index in [1.807, 2.05) is 0 Å². The van der Waals surface area contributed by atoms with E-state index in [9.17, 15) is 0 Å². The zero-order chi connectivity index (χ0) is 16.2. The summed E-state index contributed by atoms with van der Waals surface area (Å²) >= 11 is 0. The third-order valence-electron chi connectivity index (χ3n) is 5.95. The van der Waals surface area contributed by atoms with Crippen molar-refractivity contribution in [3.63, 3.8) is 0 Å². The van der Waals surface area contributed by atoms with E-state index < -0.39 is 0 Å². The first-order valence-electron chi connectivity index (χ1n) is 9.43. The Morgan fingerprint density at radius 2 is 1.54 bits per heavy atom. The van der Waals surface area contributed by atoms with Crippen molar-refractivity contribution >= 4 is 0 Å². The Morgan fingerprint density at radius 3 is 2.25 bits per heavy atom. The molecule has 0 aromatic heterocycles. The molecule has 2 aromatic rings. The molecule has 1 aliphatic heterocycles. The standard InChI is InChI=1S/C22H28N2/c1-4-10-19(11-5-1)16-24-17-21(20-12-6-2-7-13-20)23-18-22(24)14-8-3-9-15-22/h1-2,4-7,10-13,21,23H,3,8-9,14-18H2. The minimum absolute atomic E-state index is 0.360. The largest absolute Gasteiger partial charge is 0.307 e. The van der Waals surface area contributed by atoms with E-state index >= 15 is 0 Å². The van der Waals surface area contributed by atoms with Crippen LogP contribution in [0.25, 0.3) is 0 Å². The van der Waals surface area contributed by atoms with Gasteiger partial charge in [0.2, 0.25) is 0 Å². The summed E-state index contributed by atoms with van der Waals surface area (Å²) in [4.78, 5) is 2.79. The van der Waals surface area contributed by atoms with Crippen molar-refractivity contribution in [2.24, 2.45) is 0 Å². The van der Waals surface area contributed by atoms with Crippen molar-refractivity contribution < 1.29 is 0 Å². The van der Waals surface area contributed by atoms with Crippen molar-refractivity contribution in [2.75, 3.05) is 13.1 Å². The van der Waals surface area contributed by atoms with Crippen LogP contribution < -0.4 is 5.32 Å². The lowest BCUT2D eigenvalue weighted by Crippen LogP contribution is -2.62. The van der Waals surface area contributed by atoms with E-state index in [1.54, 1.807) is 0 Å². The highest BCUT2D eigenvalue weighted by molar-refractivity contribution is 5.22. The average molecular weight is 320 g/mol. The third-order valence-corrected chi connectivity index (χ3v) is 5.95. The van der Waals surface area contributed by atoms with E-state index in [2.05, 4.69) is 70.9 Å². The first-order valence-corrected chi connectivity index (χ1v) is 9.43. The summed E-state index contributed by atoms with van der Waals surface area (Å²) in [6, 6.07) is 22.4. The van der Waals surface area contributed by atoms with Crippen molar-refractivity contribution in [1.82, 2.24) is 10.2 Å². The summed E-state index contributed by atoms with van der Waals surface area (Å²) in [7, 11) is 0. The molecule has 126 valence electrons. The lowest BCUT2D eigenvalue weighted by Gasteiger charge is -2.52. The van der Waals surface area contributed by atoms with Crippen LogP contribution in [0.1, 0.15) is 49.3 Å². The van der Waals surface area contributed by atoms with Gasteiger partial charge >= 0.3 is 0 Å². The van der Waals surface area contributed by atoms with Gasteiger partial charge in [-0.25, -0.2) is 0 Å². The Hall–Kier alpha value is -1.64. The number of rotatable bonds is 3. The maximum atomic E-state index is 3.87. The highest BCUT2D eigenvalue weighted by Crippen LogP contribution is 2.38. The van der Waals surface area contributed by atoms with Gasteiger partial charge in [-0.05, 0) is 24.0 Å². The predicted octanol–water partition coefficient (Wildman–Crippen LogP) is 4.54. The Kier molecular flexibility index (Phi) is 4.68. The highest BCUT2D eigenvalue weighted by Gasteiger charge is 2.42. The monoisotopic (exact) mass is 320 g/mol. The van der Waals surface area contributed by atoms with Crippen LogP contribution in [0, 0.1) is 0 Å². The second kappa shape index (κ2) is 7.08. The van der Waals surface area contributed by atoms with Gasteiger partial charge in [0.1, 0.15) is 0 Å². The second-order valence-electron chi connectivity index (χ2n) is 7.50. The zero-order valence-corrected chi connectivity index (χ0v) is 14.5. The van der Waals surface area contributed by atoms with Gasteiger partial charge in [-0.15, -0.1) is 0 Å². The lowest BCUT2D eigenvalue weighted by molar-refractivity contribution is 0.00284. The van der Waals surface area contributed by atoms with Crippen molar-refractivity contribution in [2.45, 2.75) is 50.2 Å². The van der Waals surface area contributed by atoms with E-state index in [1.165, 1.54) is 43.2 Å². The molecule has 4 rings (SSSR count). The Labute approximate surface area is 145 Å². The molecule has 2 heteroatoms. The van der Waals surface area contributed by atoms with Gasteiger partial charge in [0.05, 0.1) is 0 Å². The number of benzene rings is 2. The SMILES string of the molecule is c1ccc(CN2CC(c3ccccc3)NCC23CCCCC3)cc1. The quantitative estimate of drug-likeness (QED) is 0.893. The zero-order valence-electron chi connectivity index (χ0n) is 14.5. The average Bonchev–Trinajstić information content (AvgIpc) is 2.66. The molecular formula is C22H28N2. The minimum Gasteiger partial charge on any atom is -0.307 e. The van der Waals surface area contributed by atoms with Crippen LogP contribution in [-0.2, 0) is 6.54 Å². The van der Waals surface area contributed by atoms with Gasteiger partial charge in [-0.1, -0.05) is 79.9 Å². The van der Waals surface area contributed by atoms with Crippen LogP contribution >= 0.6 is 0 Å². The topological polar surface area (TPSA) is 15.3 Å². The molecule has 0 radical (unpaired) electrons. The number of nitrogens with zero attached hydrogens (tertiary/aromatic N) is 1. The molecule has 1 saturated carbocycles. The molecule has 1 unspecified atom stereocenters. The predicted molar refractivity (Wildman–Crippen MR) is 99.9 cm³/mol. The van der Waals surface area contributed by atoms with Crippen molar-refractivity contribution in [1.29, 1.82) is 0 Å². The summed E-state index contributed by atoms with van der Waals surface area (Å²) in [6.07, 6.45) is 6.84. The summed E-state index contributed by atoms with van der Waals surface area (Å²) in [5.41, 5.74) is 3.22. The summed E-state index contributed by atoms with van der Waals surface area (Å²) in [5, 5.41) is 3.87. The van der Waals surface area contributed by atoms with Crippen molar-refractivity contribution in [3.05, 3.63) is 71.8 Å². The van der Waals surface area contributed by atoms with Crippen LogP contribution in [0.4, 0.5) is 0 Å². The number of piperazine rings is 1. The smallest absolute Gasteiger partial charge is 0.0450 e. The molecular weight excluding hydrogens is 292 g/mol. The van der Waals surface area contributed by atoms with E-state index in [0.717, 1.165) is 19.6 Å². The minimum atomic E-state index is 0.360. The first kappa shape index (κ1) is 15.9. The molecule has 1 N–H and O–H groups in total. The fraction of sp³-hybridized carbons (Fsp3) is 0.455. The van der Waals surface area contributed by atoms with E-state index in [-0.39, 0.29) is 0 Å². The van der Waals surface area contributed by atoms with Gasteiger partial charge in [-0.2, -0.15) is 0 Å². The molecule has 1 saturated heterocycles. The number of nitrogens with one attached hydrogen (secondary N) is 1. The summed E-state index contributed by atoms with van der Waals surface area (Å²) < 4.78 is 0. The fourth-order valence-electron chi connectivity index (χ4n) is 4.55. The van der Waals surface area contributed by atoms with Crippen molar-refractivity contribution in [3.8, 4) is 0 Å². The molecule has 1 aliphatic carbocycles. The lowest BCUT2D eigenvalue weighted by atomic mass is 9.77. The molecule has 24 heavy (non-hydrogen) atoms. The maximum Gasteiger partial charge on any atom is 0.0450 e. The molecule has 1 heterocycles. The third kappa shape index (κ3) is 3.26. The molecule has 0 amide bonds. The normalized spacial score (nSPS) is 24.1. The molecule has 1 atom stereocenters. The van der Waals surface area contributed by atoms with Crippen LogP contribution in [0.15, 0.2) is 60.7 Å². The summed E-state index contributed by atoms with van der Waals surface area (Å²) in [5.74, 6) is 0. The molecule has 2 fully saturated rings. The maximum absolute atomic E-state index is 3.87. The first-order chi connectivity index (χ1) is 11.9. The van der Waals surface area contributed by atoms with E-state index in [4.69, 9.17) is 0 Å². The van der Waals surface area contributed by atoms with Gasteiger partial charge < -0.3 is 5.32 Å².